The molecule has 2 aromatic heterocycles. The number of fused-ring (bicyclic) bond motifs is 1. The molecule has 0 aliphatic carbocycles. The quantitative estimate of drug-likeness (QED) is 0.379. The van der Waals surface area contributed by atoms with Gasteiger partial charge in [-0.25, -0.2) is 4.98 Å². The second-order valence-corrected chi connectivity index (χ2v) is 7.61. The van der Waals surface area contributed by atoms with Gasteiger partial charge in [0.2, 0.25) is 5.89 Å². The number of nitrogens with zero attached hydrogens (tertiary/aromatic N) is 2. The van der Waals surface area contributed by atoms with Crippen LogP contribution in [-0.4, -0.2) is 22.0 Å². The van der Waals surface area contributed by atoms with Crippen molar-refractivity contribution in [3.05, 3.63) is 69.8 Å². The first-order chi connectivity index (χ1) is 14.4. The molecule has 0 saturated carbocycles. The smallest absolute Gasteiger partial charge is 0.265 e. The van der Waals surface area contributed by atoms with Crippen molar-refractivity contribution >= 4 is 57.6 Å². The molecule has 2 aromatic carbocycles. The van der Waals surface area contributed by atoms with Crippen LogP contribution < -0.4 is 10.1 Å². The third-order valence-electron chi connectivity index (χ3n) is 4.20. The highest BCUT2D eigenvalue weighted by Crippen LogP contribution is 2.31. The number of carbonyl (C=O) groups is 1. The fourth-order valence-corrected chi connectivity index (χ4v) is 3.31. The number of hydrogen-bond acceptors (Lipinski definition) is 5. The molecular formula is C21H14Cl3N3O3. The minimum Gasteiger partial charge on any atom is -0.479 e. The molecule has 6 nitrogen and oxygen atoms in total. The Morgan fingerprint density at radius 1 is 1.10 bits per heavy atom. The molecule has 0 aliphatic rings. The number of hydrogen-bond donors (Lipinski definition) is 1. The number of halogens is 3. The molecule has 0 aliphatic heterocycles. The van der Waals surface area contributed by atoms with Crippen LogP contribution in [0.15, 0.2) is 59.1 Å². The van der Waals surface area contributed by atoms with Crippen LogP contribution in [0.1, 0.15) is 6.92 Å². The summed E-state index contributed by atoms with van der Waals surface area (Å²) in [6, 6.07) is 13.4. The van der Waals surface area contributed by atoms with Gasteiger partial charge in [-0.3, -0.25) is 4.79 Å². The van der Waals surface area contributed by atoms with Gasteiger partial charge in [0.25, 0.3) is 5.91 Å². The normalized spacial score (nSPS) is 12.0. The Bertz CT molecular complexity index is 1210. The second kappa shape index (κ2) is 8.52. The van der Waals surface area contributed by atoms with Crippen molar-refractivity contribution in [3.8, 4) is 17.2 Å². The van der Waals surface area contributed by atoms with Crippen molar-refractivity contribution in [1.29, 1.82) is 0 Å². The fourth-order valence-electron chi connectivity index (χ4n) is 2.70. The first-order valence-electron chi connectivity index (χ1n) is 8.85. The highest BCUT2D eigenvalue weighted by atomic mass is 35.5. The first kappa shape index (κ1) is 20.5. The Balaban J connectivity index is 1.53. The average molecular weight is 463 g/mol. The summed E-state index contributed by atoms with van der Waals surface area (Å²) in [6.45, 7) is 1.60. The summed E-state index contributed by atoms with van der Waals surface area (Å²) in [5, 5.41) is 3.90. The van der Waals surface area contributed by atoms with Gasteiger partial charge >= 0.3 is 0 Å². The zero-order valence-corrected chi connectivity index (χ0v) is 17.8. The van der Waals surface area contributed by atoms with Crippen LogP contribution in [-0.2, 0) is 4.79 Å². The summed E-state index contributed by atoms with van der Waals surface area (Å²) in [5.41, 5.74) is 2.10. The highest BCUT2D eigenvalue weighted by Gasteiger charge is 2.19. The topological polar surface area (TPSA) is 77.2 Å². The zero-order valence-electron chi connectivity index (χ0n) is 15.5. The number of oxazole rings is 1. The van der Waals surface area contributed by atoms with Crippen LogP contribution in [0.25, 0.3) is 22.7 Å². The first-order valence-corrected chi connectivity index (χ1v) is 9.98. The van der Waals surface area contributed by atoms with Crippen LogP contribution in [0.3, 0.4) is 0 Å². The lowest BCUT2D eigenvalue weighted by atomic mass is 10.2. The van der Waals surface area contributed by atoms with E-state index in [1.807, 2.05) is 0 Å². The standard InChI is InChI=1S/C21H14Cl3N3O3/c1-11(29-17-7-5-13(22)10-15(17)24)20(28)26-16-9-12(4-6-14(16)23)21-27-19-18(30-21)3-2-8-25-19/h2-11H,1H3,(H,26,28). The molecule has 4 aromatic rings. The Morgan fingerprint density at radius 3 is 2.70 bits per heavy atom. The van der Waals surface area contributed by atoms with Gasteiger partial charge in [0.1, 0.15) is 5.75 Å². The number of aromatic nitrogens is 2. The van der Waals surface area contributed by atoms with E-state index >= 15 is 0 Å². The van der Waals surface area contributed by atoms with Crippen LogP contribution in [0.2, 0.25) is 15.1 Å². The maximum absolute atomic E-state index is 12.6. The number of benzene rings is 2. The van der Waals surface area contributed by atoms with Crippen LogP contribution in [0, 0.1) is 0 Å². The summed E-state index contributed by atoms with van der Waals surface area (Å²) < 4.78 is 11.4. The number of anilines is 1. The number of pyridine rings is 1. The second-order valence-electron chi connectivity index (χ2n) is 6.36. The molecule has 0 bridgehead atoms. The Labute approximate surface area is 186 Å². The zero-order chi connectivity index (χ0) is 21.3. The number of ether oxygens (including phenoxy) is 1. The molecule has 0 fully saturated rings. The third kappa shape index (κ3) is 4.36. The van der Waals surface area contributed by atoms with Gasteiger partial charge in [-0.2, -0.15) is 4.98 Å². The van der Waals surface area contributed by atoms with Crippen LogP contribution in [0.5, 0.6) is 5.75 Å². The van der Waals surface area contributed by atoms with Gasteiger partial charge in [-0.05, 0) is 55.5 Å². The number of carbonyl (C=O) groups excluding carboxylic acids is 1. The number of rotatable bonds is 5. The van der Waals surface area contributed by atoms with Crippen LogP contribution in [0.4, 0.5) is 5.69 Å². The largest absolute Gasteiger partial charge is 0.479 e. The summed E-state index contributed by atoms with van der Waals surface area (Å²) in [7, 11) is 0. The summed E-state index contributed by atoms with van der Waals surface area (Å²) in [6.07, 6.45) is 0.799. The molecule has 0 radical (unpaired) electrons. The van der Waals surface area contributed by atoms with Gasteiger partial charge in [0.05, 0.1) is 15.7 Å². The van der Waals surface area contributed by atoms with Gasteiger partial charge in [0, 0.05) is 16.8 Å². The maximum Gasteiger partial charge on any atom is 0.265 e. The fraction of sp³-hybridized carbons (Fsp3) is 0.0952. The summed E-state index contributed by atoms with van der Waals surface area (Å²) in [5.74, 6) is 0.315. The van der Waals surface area contributed by atoms with Gasteiger partial charge in [-0.1, -0.05) is 34.8 Å². The summed E-state index contributed by atoms with van der Waals surface area (Å²) in [4.78, 5) is 21.1. The minimum absolute atomic E-state index is 0.312. The van der Waals surface area contributed by atoms with Gasteiger partial charge in [0.15, 0.2) is 17.3 Å². The van der Waals surface area contributed by atoms with E-state index in [0.29, 0.717) is 49.2 Å². The molecular weight excluding hydrogens is 449 g/mol. The monoisotopic (exact) mass is 461 g/mol. The lowest BCUT2D eigenvalue weighted by Gasteiger charge is -2.16. The van der Waals surface area contributed by atoms with E-state index in [-0.39, 0.29) is 0 Å². The van der Waals surface area contributed by atoms with Crippen molar-refractivity contribution in [3.63, 3.8) is 0 Å². The van der Waals surface area contributed by atoms with E-state index in [4.69, 9.17) is 44.0 Å². The lowest BCUT2D eigenvalue weighted by molar-refractivity contribution is -0.122. The molecule has 4 rings (SSSR count). The number of amides is 1. The van der Waals surface area contributed by atoms with E-state index in [0.717, 1.165) is 0 Å². The van der Waals surface area contributed by atoms with Crippen molar-refractivity contribution < 1.29 is 13.9 Å². The van der Waals surface area contributed by atoms with Crippen molar-refractivity contribution in [2.45, 2.75) is 13.0 Å². The molecule has 0 spiro atoms. The van der Waals surface area contributed by atoms with E-state index < -0.39 is 12.0 Å². The molecule has 0 saturated heterocycles. The highest BCUT2D eigenvalue weighted by molar-refractivity contribution is 6.35. The van der Waals surface area contributed by atoms with Crippen molar-refractivity contribution in [1.82, 2.24) is 9.97 Å². The predicted octanol–water partition coefficient (Wildman–Crippen LogP) is 6.26. The van der Waals surface area contributed by atoms with E-state index in [1.165, 1.54) is 0 Å². The number of nitrogens with one attached hydrogen (secondary N) is 1. The molecule has 152 valence electrons. The van der Waals surface area contributed by atoms with E-state index in [2.05, 4.69) is 15.3 Å². The Hall–Kier alpha value is -2.80. The van der Waals surface area contributed by atoms with E-state index in [9.17, 15) is 4.79 Å². The molecule has 1 unspecified atom stereocenters. The third-order valence-corrected chi connectivity index (χ3v) is 5.06. The van der Waals surface area contributed by atoms with Gasteiger partial charge in [-0.15, -0.1) is 0 Å². The molecule has 30 heavy (non-hydrogen) atoms. The molecule has 1 amide bonds. The SMILES string of the molecule is CC(Oc1ccc(Cl)cc1Cl)C(=O)Nc1cc(-c2nc3ncccc3o2)ccc1Cl. The van der Waals surface area contributed by atoms with Crippen LogP contribution >= 0.6 is 34.8 Å². The molecule has 9 heteroatoms. The average Bonchev–Trinajstić information content (AvgIpc) is 3.16. The lowest BCUT2D eigenvalue weighted by Crippen LogP contribution is -2.30. The Morgan fingerprint density at radius 2 is 1.93 bits per heavy atom. The van der Waals surface area contributed by atoms with E-state index in [1.54, 1.807) is 61.7 Å². The minimum atomic E-state index is -0.836. The molecule has 2 heterocycles. The molecule has 1 N–H and O–H groups in total. The maximum atomic E-state index is 12.6. The predicted molar refractivity (Wildman–Crippen MR) is 117 cm³/mol. The molecule has 1 atom stereocenters. The van der Waals surface area contributed by atoms with Gasteiger partial charge < -0.3 is 14.5 Å². The van der Waals surface area contributed by atoms with Crippen molar-refractivity contribution in [2.75, 3.05) is 5.32 Å². The Kier molecular flexibility index (Phi) is 5.81. The summed E-state index contributed by atoms with van der Waals surface area (Å²) >= 11 is 18.2. The van der Waals surface area contributed by atoms with Crippen molar-refractivity contribution in [2.24, 2.45) is 0 Å².